The first kappa shape index (κ1) is 14.1. The van der Waals surface area contributed by atoms with Gasteiger partial charge in [0.05, 0.1) is 0 Å². The normalized spacial score (nSPS) is 18.4. The van der Waals surface area contributed by atoms with Crippen molar-refractivity contribution in [3.8, 4) is 0 Å². The van der Waals surface area contributed by atoms with Gasteiger partial charge in [-0.2, -0.15) is 0 Å². The Morgan fingerprint density at radius 1 is 1.14 bits per heavy atom. The number of nitrogens with two attached hydrogens (primary N) is 1. The van der Waals surface area contributed by atoms with E-state index in [1.165, 1.54) is 0 Å². The maximum absolute atomic E-state index is 12.2. The standard InChI is InChI=1S/C9H24N3OP/c1-8(2,3)11-14(10,13)12(7)9(4,5)6/h1-7H3,(H3,10,11,13). The molecule has 0 radical (unpaired) electrons. The van der Waals surface area contributed by atoms with Crippen molar-refractivity contribution in [3.05, 3.63) is 0 Å². The predicted molar refractivity (Wildman–Crippen MR) is 62.2 cm³/mol. The second-order valence-corrected chi connectivity index (χ2v) is 7.75. The van der Waals surface area contributed by atoms with Crippen molar-refractivity contribution in [1.82, 2.24) is 9.76 Å². The molecule has 4 nitrogen and oxygen atoms in total. The number of nitrogens with zero attached hydrogens (tertiary/aromatic N) is 1. The SMILES string of the molecule is CN(C(C)(C)C)P(N)(=O)NC(C)(C)C. The van der Waals surface area contributed by atoms with Gasteiger partial charge >= 0.3 is 0 Å². The van der Waals surface area contributed by atoms with Gasteiger partial charge in [-0.25, -0.2) is 9.76 Å². The second kappa shape index (κ2) is 3.93. The Morgan fingerprint density at radius 2 is 1.50 bits per heavy atom. The minimum atomic E-state index is -2.94. The Morgan fingerprint density at radius 3 is 1.71 bits per heavy atom. The maximum Gasteiger partial charge on any atom is 0.279 e. The van der Waals surface area contributed by atoms with Gasteiger partial charge in [0.15, 0.2) is 0 Å². The van der Waals surface area contributed by atoms with Gasteiger partial charge in [0.2, 0.25) is 0 Å². The lowest BCUT2D eigenvalue weighted by Crippen LogP contribution is -2.46. The van der Waals surface area contributed by atoms with Crippen molar-refractivity contribution < 1.29 is 4.57 Å². The van der Waals surface area contributed by atoms with Crippen molar-refractivity contribution >= 4 is 7.59 Å². The molecule has 0 spiro atoms. The largest absolute Gasteiger partial charge is 0.279 e. The first-order valence-corrected chi connectivity index (χ1v) is 6.51. The van der Waals surface area contributed by atoms with Gasteiger partial charge in [-0.3, -0.25) is 10.1 Å². The fourth-order valence-corrected chi connectivity index (χ4v) is 3.00. The van der Waals surface area contributed by atoms with Crippen LogP contribution in [0, 0.1) is 0 Å². The third kappa shape index (κ3) is 4.56. The zero-order valence-corrected chi connectivity index (χ0v) is 11.3. The molecule has 86 valence electrons. The number of rotatable bonds is 2. The van der Waals surface area contributed by atoms with Crippen LogP contribution in [-0.4, -0.2) is 22.8 Å². The van der Waals surface area contributed by atoms with Crippen LogP contribution in [0.3, 0.4) is 0 Å². The summed E-state index contributed by atoms with van der Waals surface area (Å²) < 4.78 is 13.9. The van der Waals surface area contributed by atoms with Crippen LogP contribution in [0.15, 0.2) is 0 Å². The van der Waals surface area contributed by atoms with Crippen LogP contribution >= 0.6 is 7.59 Å². The number of hydrogen-bond donors (Lipinski definition) is 2. The molecule has 0 amide bonds. The van der Waals surface area contributed by atoms with Gasteiger partial charge in [0.1, 0.15) is 0 Å². The highest BCUT2D eigenvalue weighted by Gasteiger charge is 2.34. The molecular weight excluding hydrogens is 197 g/mol. The fourth-order valence-electron chi connectivity index (χ4n) is 1.00. The zero-order valence-electron chi connectivity index (χ0n) is 10.4. The molecule has 1 atom stereocenters. The van der Waals surface area contributed by atoms with Crippen LogP contribution in [0.2, 0.25) is 0 Å². The van der Waals surface area contributed by atoms with Gasteiger partial charge in [-0.1, -0.05) is 0 Å². The first-order valence-electron chi connectivity index (χ1n) is 4.79. The molecule has 0 saturated carbocycles. The van der Waals surface area contributed by atoms with E-state index in [1.807, 2.05) is 41.5 Å². The van der Waals surface area contributed by atoms with Crippen LogP contribution in [0.25, 0.3) is 0 Å². The van der Waals surface area contributed by atoms with E-state index < -0.39 is 7.59 Å². The van der Waals surface area contributed by atoms with Gasteiger partial charge in [0, 0.05) is 11.1 Å². The van der Waals surface area contributed by atoms with E-state index in [-0.39, 0.29) is 11.1 Å². The molecule has 0 aromatic heterocycles. The third-order valence-corrected chi connectivity index (χ3v) is 4.39. The smallest absolute Gasteiger partial charge is 0.271 e. The average Bonchev–Trinajstić information content (AvgIpc) is 1.78. The molecule has 0 aliphatic rings. The lowest BCUT2D eigenvalue weighted by atomic mass is 10.1. The summed E-state index contributed by atoms with van der Waals surface area (Å²) in [6.07, 6.45) is 0. The van der Waals surface area contributed by atoms with Gasteiger partial charge in [-0.15, -0.1) is 0 Å². The molecular formula is C9H24N3OP. The van der Waals surface area contributed by atoms with Crippen LogP contribution < -0.4 is 10.6 Å². The lowest BCUT2D eigenvalue weighted by Gasteiger charge is -2.39. The van der Waals surface area contributed by atoms with Gasteiger partial charge < -0.3 is 0 Å². The molecule has 0 fully saturated rings. The monoisotopic (exact) mass is 221 g/mol. The van der Waals surface area contributed by atoms with E-state index in [4.69, 9.17) is 5.50 Å². The van der Waals surface area contributed by atoms with E-state index in [9.17, 15) is 4.57 Å². The lowest BCUT2D eigenvalue weighted by molar-refractivity contribution is 0.278. The van der Waals surface area contributed by atoms with Gasteiger partial charge in [-0.05, 0) is 48.6 Å². The first-order chi connectivity index (χ1) is 5.86. The Balaban J connectivity index is 4.73. The summed E-state index contributed by atoms with van der Waals surface area (Å²) in [6, 6.07) is 0. The molecule has 0 aliphatic carbocycles. The fraction of sp³-hybridized carbons (Fsp3) is 1.00. The minimum absolute atomic E-state index is 0.206. The summed E-state index contributed by atoms with van der Waals surface area (Å²) in [5.74, 6) is 0. The van der Waals surface area contributed by atoms with Crippen molar-refractivity contribution in [2.24, 2.45) is 5.50 Å². The minimum Gasteiger partial charge on any atom is -0.271 e. The number of hydrogen-bond acceptors (Lipinski definition) is 1. The Labute approximate surface area is 87.8 Å². The maximum atomic E-state index is 12.2. The highest BCUT2D eigenvalue weighted by molar-refractivity contribution is 7.57. The molecule has 0 bridgehead atoms. The number of nitrogens with one attached hydrogen (secondary N) is 1. The van der Waals surface area contributed by atoms with Crippen LogP contribution in [0.1, 0.15) is 41.5 Å². The Bertz CT molecular complexity index is 239. The summed E-state index contributed by atoms with van der Waals surface area (Å²) in [7, 11) is -1.17. The van der Waals surface area contributed by atoms with Crippen LogP contribution in [0.5, 0.6) is 0 Å². The Kier molecular flexibility index (Phi) is 3.96. The van der Waals surface area contributed by atoms with E-state index in [2.05, 4.69) is 5.09 Å². The van der Waals surface area contributed by atoms with Crippen molar-refractivity contribution in [1.29, 1.82) is 0 Å². The zero-order chi connectivity index (χ0) is 11.8. The van der Waals surface area contributed by atoms with E-state index >= 15 is 0 Å². The molecule has 0 aromatic carbocycles. The highest BCUT2D eigenvalue weighted by atomic mass is 31.2. The van der Waals surface area contributed by atoms with Crippen LogP contribution in [0.4, 0.5) is 0 Å². The second-order valence-electron chi connectivity index (χ2n) is 5.68. The quantitative estimate of drug-likeness (QED) is 0.702. The molecule has 1 unspecified atom stereocenters. The summed E-state index contributed by atoms with van der Waals surface area (Å²) in [4.78, 5) is 0. The predicted octanol–water partition coefficient (Wildman–Crippen LogP) is 2.17. The average molecular weight is 221 g/mol. The molecule has 14 heavy (non-hydrogen) atoms. The van der Waals surface area contributed by atoms with Crippen molar-refractivity contribution in [2.75, 3.05) is 7.05 Å². The topological polar surface area (TPSA) is 58.4 Å². The summed E-state index contributed by atoms with van der Waals surface area (Å²) in [6.45, 7) is 11.8. The molecule has 5 heteroatoms. The summed E-state index contributed by atoms with van der Waals surface area (Å²) >= 11 is 0. The van der Waals surface area contributed by atoms with Crippen molar-refractivity contribution in [2.45, 2.75) is 52.6 Å². The van der Waals surface area contributed by atoms with Gasteiger partial charge in [0.25, 0.3) is 7.59 Å². The summed E-state index contributed by atoms with van der Waals surface area (Å²) in [5, 5.41) is 2.96. The van der Waals surface area contributed by atoms with E-state index in [0.29, 0.717) is 0 Å². The molecule has 0 aromatic rings. The van der Waals surface area contributed by atoms with E-state index in [1.54, 1.807) is 11.7 Å². The summed E-state index contributed by atoms with van der Waals surface area (Å²) in [5.41, 5.74) is 5.35. The molecule has 0 rings (SSSR count). The van der Waals surface area contributed by atoms with Crippen LogP contribution in [-0.2, 0) is 4.57 Å². The van der Waals surface area contributed by atoms with Crippen molar-refractivity contribution in [3.63, 3.8) is 0 Å². The molecule has 0 heterocycles. The molecule has 0 saturated heterocycles. The molecule has 3 N–H and O–H groups in total. The highest BCUT2D eigenvalue weighted by Crippen LogP contribution is 2.42. The molecule has 0 aliphatic heterocycles. The van der Waals surface area contributed by atoms with E-state index in [0.717, 1.165) is 0 Å². The Hall–Kier alpha value is 0.110. The third-order valence-electron chi connectivity index (χ3n) is 1.91.